The van der Waals surface area contributed by atoms with Crippen molar-refractivity contribution in [1.82, 2.24) is 0 Å². The van der Waals surface area contributed by atoms with E-state index in [-0.39, 0.29) is 18.1 Å². The van der Waals surface area contributed by atoms with E-state index in [9.17, 15) is 15.3 Å². The maximum absolute atomic E-state index is 9.89. The van der Waals surface area contributed by atoms with Crippen LogP contribution in [0, 0.1) is 13.8 Å². The molecule has 3 nitrogen and oxygen atoms in total. The van der Waals surface area contributed by atoms with Gasteiger partial charge in [0.2, 0.25) is 0 Å². The third kappa shape index (κ3) is 2.37. The first-order valence-corrected chi connectivity index (χ1v) is 6.59. The van der Waals surface area contributed by atoms with E-state index in [2.05, 4.69) is 0 Å². The van der Waals surface area contributed by atoms with Crippen LogP contribution in [0.15, 0.2) is 36.4 Å². The maximum atomic E-state index is 9.89. The Morgan fingerprint density at radius 2 is 1.25 bits per heavy atom. The van der Waals surface area contributed by atoms with Crippen molar-refractivity contribution < 1.29 is 15.3 Å². The molecule has 0 radical (unpaired) electrons. The van der Waals surface area contributed by atoms with E-state index in [1.165, 1.54) is 0 Å². The lowest BCUT2D eigenvalue weighted by molar-refractivity contribution is 0.231. The van der Waals surface area contributed by atoms with E-state index in [4.69, 9.17) is 0 Å². The third-order valence-electron chi connectivity index (χ3n) is 3.98. The van der Waals surface area contributed by atoms with Crippen LogP contribution in [0.2, 0.25) is 0 Å². The van der Waals surface area contributed by atoms with Crippen LogP contribution < -0.4 is 0 Å². The summed E-state index contributed by atoms with van der Waals surface area (Å²) in [5.74, 6) is 0.492. The van der Waals surface area contributed by atoms with Gasteiger partial charge in [0.05, 0.1) is 6.61 Å². The van der Waals surface area contributed by atoms with E-state index >= 15 is 0 Å². The minimum Gasteiger partial charge on any atom is -0.508 e. The van der Waals surface area contributed by atoms with Crippen molar-refractivity contribution in [2.24, 2.45) is 0 Å². The minimum atomic E-state index is -0.572. The van der Waals surface area contributed by atoms with Crippen LogP contribution in [0.1, 0.15) is 29.2 Å². The van der Waals surface area contributed by atoms with E-state index < -0.39 is 5.41 Å². The maximum Gasteiger partial charge on any atom is 0.118 e. The number of phenols is 2. The number of aliphatic hydroxyl groups is 1. The molecule has 2 aromatic rings. The summed E-state index contributed by atoms with van der Waals surface area (Å²) in [7, 11) is 0. The zero-order valence-corrected chi connectivity index (χ0v) is 12.0. The predicted molar refractivity (Wildman–Crippen MR) is 79.2 cm³/mol. The molecule has 0 unspecified atom stereocenters. The first-order chi connectivity index (χ1) is 9.38. The van der Waals surface area contributed by atoms with Gasteiger partial charge in [-0.05, 0) is 55.2 Å². The van der Waals surface area contributed by atoms with Crippen molar-refractivity contribution in [3.63, 3.8) is 0 Å². The Morgan fingerprint density at radius 3 is 1.55 bits per heavy atom. The monoisotopic (exact) mass is 272 g/mol. The Morgan fingerprint density at radius 1 is 0.850 bits per heavy atom. The number of phenolic OH excluding ortho intramolecular Hbond substituents is 2. The molecule has 0 aliphatic heterocycles. The highest BCUT2D eigenvalue weighted by Gasteiger charge is 2.29. The fraction of sp³-hybridized carbons (Fsp3) is 0.294. The Bertz CT molecular complexity index is 581. The van der Waals surface area contributed by atoms with Gasteiger partial charge in [0.25, 0.3) is 0 Å². The molecule has 0 spiro atoms. The van der Waals surface area contributed by atoms with Crippen LogP contribution >= 0.6 is 0 Å². The molecule has 0 aliphatic rings. The summed E-state index contributed by atoms with van der Waals surface area (Å²) in [6.45, 7) is 5.56. The molecule has 3 N–H and O–H groups in total. The highest BCUT2D eigenvalue weighted by molar-refractivity contribution is 5.47. The van der Waals surface area contributed by atoms with E-state index in [0.717, 1.165) is 22.3 Å². The molecular formula is C17H20O3. The van der Waals surface area contributed by atoms with Crippen LogP contribution in [-0.4, -0.2) is 21.9 Å². The summed E-state index contributed by atoms with van der Waals surface area (Å²) in [5.41, 5.74) is 2.84. The molecule has 0 heterocycles. The number of aromatic hydroxyl groups is 2. The SMILES string of the molecule is Cc1cc(C(C)(CO)c2ccc(O)c(C)c2)ccc1O. The third-order valence-corrected chi connectivity index (χ3v) is 3.98. The number of hydrogen-bond donors (Lipinski definition) is 3. The predicted octanol–water partition coefficient (Wildman–Crippen LogP) is 3.01. The van der Waals surface area contributed by atoms with Crippen molar-refractivity contribution in [2.75, 3.05) is 6.61 Å². The Kier molecular flexibility index (Phi) is 3.73. The molecule has 3 heteroatoms. The lowest BCUT2D eigenvalue weighted by Gasteiger charge is -2.29. The summed E-state index contributed by atoms with van der Waals surface area (Å²) in [6, 6.07) is 10.7. The van der Waals surface area contributed by atoms with Crippen LogP contribution in [-0.2, 0) is 5.41 Å². The average Bonchev–Trinajstić information content (AvgIpc) is 2.44. The number of hydrogen-bond acceptors (Lipinski definition) is 3. The summed E-state index contributed by atoms with van der Waals surface area (Å²) in [4.78, 5) is 0. The highest BCUT2D eigenvalue weighted by Crippen LogP contribution is 2.35. The van der Waals surface area contributed by atoms with Crippen LogP contribution in [0.4, 0.5) is 0 Å². The molecular weight excluding hydrogens is 252 g/mol. The smallest absolute Gasteiger partial charge is 0.118 e. The molecule has 0 amide bonds. The summed E-state index contributed by atoms with van der Waals surface area (Å²) in [5, 5.41) is 29.2. The summed E-state index contributed by atoms with van der Waals surface area (Å²) in [6.07, 6.45) is 0. The fourth-order valence-electron chi connectivity index (χ4n) is 2.35. The van der Waals surface area contributed by atoms with Gasteiger partial charge in [-0.2, -0.15) is 0 Å². The van der Waals surface area contributed by atoms with Crippen LogP contribution in [0.25, 0.3) is 0 Å². The van der Waals surface area contributed by atoms with Crippen LogP contribution in [0.5, 0.6) is 11.5 Å². The number of benzene rings is 2. The molecule has 0 saturated carbocycles. The molecule has 0 fully saturated rings. The second kappa shape index (κ2) is 5.17. The molecule has 0 aliphatic carbocycles. The van der Waals surface area contributed by atoms with Gasteiger partial charge in [0.15, 0.2) is 0 Å². The average molecular weight is 272 g/mol. The van der Waals surface area contributed by atoms with Gasteiger partial charge in [-0.3, -0.25) is 0 Å². The summed E-state index contributed by atoms with van der Waals surface area (Å²) >= 11 is 0. The van der Waals surface area contributed by atoms with Gasteiger partial charge < -0.3 is 15.3 Å². The Labute approximate surface area is 119 Å². The number of rotatable bonds is 3. The lowest BCUT2D eigenvalue weighted by atomic mass is 9.76. The fourth-order valence-corrected chi connectivity index (χ4v) is 2.35. The van der Waals surface area contributed by atoms with Gasteiger partial charge in [0, 0.05) is 5.41 Å². The largest absolute Gasteiger partial charge is 0.508 e. The first kappa shape index (κ1) is 14.4. The topological polar surface area (TPSA) is 60.7 Å². The van der Waals surface area contributed by atoms with E-state index in [0.29, 0.717) is 0 Å². The molecule has 0 bridgehead atoms. The van der Waals surface area contributed by atoms with Gasteiger partial charge in [-0.25, -0.2) is 0 Å². The van der Waals surface area contributed by atoms with Crippen molar-refractivity contribution >= 4 is 0 Å². The molecule has 106 valence electrons. The number of aliphatic hydroxyl groups excluding tert-OH is 1. The van der Waals surface area contributed by atoms with Crippen molar-refractivity contribution in [2.45, 2.75) is 26.2 Å². The minimum absolute atomic E-state index is 0.0541. The van der Waals surface area contributed by atoms with Crippen molar-refractivity contribution in [3.8, 4) is 11.5 Å². The van der Waals surface area contributed by atoms with Gasteiger partial charge in [-0.15, -0.1) is 0 Å². The number of aryl methyl sites for hydroxylation is 2. The van der Waals surface area contributed by atoms with Gasteiger partial charge in [-0.1, -0.05) is 24.3 Å². The van der Waals surface area contributed by atoms with Gasteiger partial charge in [0.1, 0.15) is 11.5 Å². The molecule has 2 aromatic carbocycles. The second-order valence-electron chi connectivity index (χ2n) is 5.49. The molecule has 0 aromatic heterocycles. The first-order valence-electron chi connectivity index (χ1n) is 6.59. The van der Waals surface area contributed by atoms with E-state index in [1.54, 1.807) is 12.1 Å². The Hall–Kier alpha value is -2.00. The molecule has 0 saturated heterocycles. The van der Waals surface area contributed by atoms with Crippen molar-refractivity contribution in [3.05, 3.63) is 58.7 Å². The van der Waals surface area contributed by atoms with Crippen LogP contribution in [0.3, 0.4) is 0 Å². The summed E-state index contributed by atoms with van der Waals surface area (Å²) < 4.78 is 0. The highest BCUT2D eigenvalue weighted by atomic mass is 16.3. The molecule has 2 rings (SSSR count). The van der Waals surface area contributed by atoms with Gasteiger partial charge >= 0.3 is 0 Å². The van der Waals surface area contributed by atoms with Crippen molar-refractivity contribution in [1.29, 1.82) is 0 Å². The zero-order chi connectivity index (χ0) is 14.9. The Balaban J connectivity index is 2.57. The van der Waals surface area contributed by atoms with E-state index in [1.807, 2.05) is 45.0 Å². The normalized spacial score (nSPS) is 11.6. The second-order valence-corrected chi connectivity index (χ2v) is 5.49. The zero-order valence-electron chi connectivity index (χ0n) is 12.0. The molecule has 0 atom stereocenters. The molecule has 20 heavy (non-hydrogen) atoms. The quantitative estimate of drug-likeness (QED) is 0.805. The standard InChI is InChI=1S/C17H20O3/c1-11-8-13(4-6-15(11)19)17(3,10-18)14-5-7-16(20)12(2)9-14/h4-9,18-20H,10H2,1-3H3. The lowest BCUT2D eigenvalue weighted by Crippen LogP contribution is -2.28.